The fraction of sp³-hybridized carbons (Fsp3) is 0.580. The number of halogens is 2. The molecule has 5 atom stereocenters. The van der Waals surface area contributed by atoms with Crippen LogP contribution in [0.15, 0.2) is 30.5 Å². The summed E-state index contributed by atoms with van der Waals surface area (Å²) in [6.07, 6.45) is 19.6. The number of aromatic hydroxyl groups is 1. The Kier molecular flexibility index (Phi) is 14.4. The van der Waals surface area contributed by atoms with Crippen molar-refractivity contribution in [2.75, 3.05) is 44.2 Å². The summed E-state index contributed by atoms with van der Waals surface area (Å²) >= 11 is 0. The number of carbonyl (C=O) groups excluding carboxylic acids is 2. The van der Waals surface area contributed by atoms with E-state index < -0.39 is 29.2 Å². The lowest BCUT2D eigenvalue weighted by Gasteiger charge is -2.34. The monoisotopic (exact) mass is 894 g/mol. The molecule has 4 aliphatic rings. The van der Waals surface area contributed by atoms with Gasteiger partial charge >= 0.3 is 6.01 Å². The first-order valence-electron chi connectivity index (χ1n) is 23.7. The van der Waals surface area contributed by atoms with E-state index in [0.717, 1.165) is 90.1 Å². The molecule has 0 saturated carbocycles. The summed E-state index contributed by atoms with van der Waals surface area (Å²) in [7, 11) is 0. The quantitative estimate of drug-likeness (QED) is 0.0629. The van der Waals surface area contributed by atoms with Crippen LogP contribution in [0, 0.1) is 29.4 Å². The number of phenolic OH excluding ortho intramolecular Hbond substituents is 1. The molecular formula is C50H64F2N8O5. The standard InChI is InChI=1S/C50H64F2N8O5/c1-5-36-39(51)20-17-31-25-35(62)26-37(42(31)36)44-43(52)45-38(27-53-44)47(60-28-32-18-19-33(29-60)54-32)57-49(56-45)65-41-16-14-23-58(41)22-13-11-9-7-6-8-10-12-15-40(63)55-46(50(2,3)4)48(64)59-24-21-34(61)30-59/h1,17,20,25-27,32-34,41,46,54,61-62H,6-16,18-19,21-24,28-30H2,2-4H3,(H,55,63)/t32?,33?,34-,41?,46?/m1/s1. The number of pyridine rings is 1. The molecule has 0 aliphatic carbocycles. The Balaban J connectivity index is 0.861. The molecule has 4 N–H and O–H groups in total. The number of benzene rings is 2. The van der Waals surface area contributed by atoms with Crippen LogP contribution < -0.4 is 20.3 Å². The van der Waals surface area contributed by atoms with Crippen molar-refractivity contribution < 1.29 is 33.3 Å². The second kappa shape index (κ2) is 20.1. The zero-order chi connectivity index (χ0) is 45.8. The minimum atomic E-state index is -0.736. The van der Waals surface area contributed by atoms with Gasteiger partial charge in [0.1, 0.15) is 34.6 Å². The van der Waals surface area contributed by atoms with Gasteiger partial charge in [0.15, 0.2) is 12.0 Å². The number of nitrogens with one attached hydrogen (secondary N) is 2. The first-order valence-corrected chi connectivity index (χ1v) is 23.7. The molecule has 0 radical (unpaired) electrons. The lowest BCUT2D eigenvalue weighted by atomic mass is 9.85. The number of rotatable bonds is 17. The maximum absolute atomic E-state index is 17.1. The summed E-state index contributed by atoms with van der Waals surface area (Å²) in [6.45, 7) is 9.85. The van der Waals surface area contributed by atoms with Gasteiger partial charge in [-0.25, -0.2) is 8.78 Å². The lowest BCUT2D eigenvalue weighted by molar-refractivity contribution is -0.138. The van der Waals surface area contributed by atoms with Gasteiger partial charge < -0.3 is 35.4 Å². The average Bonchev–Trinajstić information content (AvgIpc) is 4.01. The van der Waals surface area contributed by atoms with E-state index in [4.69, 9.17) is 21.1 Å². The molecule has 8 rings (SSSR count). The predicted molar refractivity (Wildman–Crippen MR) is 247 cm³/mol. The van der Waals surface area contributed by atoms with Crippen molar-refractivity contribution in [1.82, 2.24) is 35.4 Å². The Morgan fingerprint density at radius 1 is 0.969 bits per heavy atom. The number of aliphatic hydroxyl groups is 1. The molecule has 4 aliphatic heterocycles. The number of anilines is 1. The third-order valence-electron chi connectivity index (χ3n) is 13.6. The van der Waals surface area contributed by atoms with Crippen molar-refractivity contribution in [2.24, 2.45) is 5.41 Å². The molecule has 4 unspecified atom stereocenters. The van der Waals surface area contributed by atoms with Gasteiger partial charge in [0.05, 0.1) is 17.1 Å². The van der Waals surface area contributed by atoms with Crippen molar-refractivity contribution in [2.45, 2.75) is 141 Å². The van der Waals surface area contributed by atoms with Gasteiger partial charge in [-0.05, 0) is 73.9 Å². The molecular weight excluding hydrogens is 831 g/mol. The van der Waals surface area contributed by atoms with Crippen LogP contribution in [0.1, 0.15) is 116 Å². The minimum Gasteiger partial charge on any atom is -0.508 e. The first-order chi connectivity index (χ1) is 31.3. The number of fused-ring (bicyclic) bond motifs is 4. The molecule has 0 spiro atoms. The first kappa shape index (κ1) is 46.4. The Labute approximate surface area is 380 Å². The SMILES string of the molecule is C#Cc1c(F)ccc2cc(O)cc(-c3ncc4c(N5CC6CCC(C5)N6)nc(OC5CCCN5CCCCCCCCCCC(=O)NC(C(=O)N5CC[C@@H](O)C5)C(C)(C)C)nc4c3F)c12. The van der Waals surface area contributed by atoms with E-state index in [1.54, 1.807) is 11.1 Å². The van der Waals surface area contributed by atoms with Crippen LogP contribution in [0.5, 0.6) is 11.8 Å². The molecule has 348 valence electrons. The Morgan fingerprint density at radius 3 is 2.38 bits per heavy atom. The Hall–Kier alpha value is -5.17. The van der Waals surface area contributed by atoms with Gasteiger partial charge in [-0.3, -0.25) is 19.5 Å². The molecule has 4 saturated heterocycles. The van der Waals surface area contributed by atoms with Gasteiger partial charge in [-0.1, -0.05) is 71.3 Å². The van der Waals surface area contributed by atoms with Gasteiger partial charge in [0.25, 0.3) is 0 Å². The molecule has 2 aromatic carbocycles. The van der Waals surface area contributed by atoms with E-state index >= 15 is 4.39 Å². The summed E-state index contributed by atoms with van der Waals surface area (Å²) in [5, 5.41) is 28.4. The number of β-amino-alcohol motifs (C(OH)–C–C–N with tert-alkyl or cyclic N) is 1. The van der Waals surface area contributed by atoms with Gasteiger partial charge in [-0.2, -0.15) is 9.97 Å². The van der Waals surface area contributed by atoms with Crippen LogP contribution in [0.4, 0.5) is 14.6 Å². The van der Waals surface area contributed by atoms with Crippen LogP contribution in [0.25, 0.3) is 32.9 Å². The molecule has 4 fully saturated rings. The number of phenols is 1. The second-order valence-corrected chi connectivity index (χ2v) is 19.6. The van der Waals surface area contributed by atoms with Crippen molar-refractivity contribution in [1.29, 1.82) is 0 Å². The Morgan fingerprint density at radius 2 is 1.69 bits per heavy atom. The number of aliphatic hydroxyl groups excluding tert-OH is 1. The number of hydrogen-bond donors (Lipinski definition) is 4. The van der Waals surface area contributed by atoms with Crippen LogP contribution in [0.2, 0.25) is 0 Å². The normalized spacial score (nSPS) is 21.6. The summed E-state index contributed by atoms with van der Waals surface area (Å²) < 4.78 is 38.6. The Bertz CT molecular complexity index is 2410. The van der Waals surface area contributed by atoms with Crippen LogP contribution in [0.3, 0.4) is 0 Å². The number of nitrogens with zero attached hydrogens (tertiary/aromatic N) is 6. The van der Waals surface area contributed by atoms with E-state index in [1.165, 1.54) is 24.3 Å². The third kappa shape index (κ3) is 10.6. The van der Waals surface area contributed by atoms with Crippen LogP contribution >= 0.6 is 0 Å². The largest absolute Gasteiger partial charge is 0.508 e. The lowest BCUT2D eigenvalue weighted by Crippen LogP contribution is -2.54. The van der Waals surface area contributed by atoms with Crippen molar-refractivity contribution >= 4 is 39.3 Å². The minimum absolute atomic E-state index is 0.0321. The average molecular weight is 895 g/mol. The summed E-state index contributed by atoms with van der Waals surface area (Å²) in [6, 6.07) is 5.61. The number of piperazine rings is 1. The molecule has 15 heteroatoms. The van der Waals surface area contributed by atoms with E-state index in [2.05, 4.69) is 31.3 Å². The van der Waals surface area contributed by atoms with E-state index in [0.29, 0.717) is 67.7 Å². The number of terminal acetylenes is 1. The number of likely N-dealkylation sites (tertiary alicyclic amines) is 2. The van der Waals surface area contributed by atoms with Gasteiger partial charge in [0.2, 0.25) is 11.8 Å². The topological polar surface area (TPSA) is 156 Å². The smallest absolute Gasteiger partial charge is 0.320 e. The van der Waals surface area contributed by atoms with Gasteiger partial charge in [0, 0.05) is 74.9 Å². The number of aromatic nitrogens is 3. The highest BCUT2D eigenvalue weighted by Crippen LogP contribution is 2.40. The second-order valence-electron chi connectivity index (χ2n) is 19.6. The number of ether oxygens (including phenoxy) is 1. The molecule has 2 amide bonds. The van der Waals surface area contributed by atoms with E-state index in [9.17, 15) is 24.2 Å². The van der Waals surface area contributed by atoms with Crippen LogP contribution in [-0.2, 0) is 9.59 Å². The maximum atomic E-state index is 17.1. The van der Waals surface area contributed by atoms with Crippen molar-refractivity contribution in [3.8, 4) is 35.4 Å². The van der Waals surface area contributed by atoms with Gasteiger partial charge in [-0.15, -0.1) is 6.42 Å². The summed E-state index contributed by atoms with van der Waals surface area (Å²) in [4.78, 5) is 46.3. The van der Waals surface area contributed by atoms with Crippen molar-refractivity contribution in [3.63, 3.8) is 0 Å². The zero-order valence-electron chi connectivity index (χ0n) is 38.1. The number of unbranched alkanes of at least 4 members (excludes halogenated alkanes) is 7. The zero-order valence-corrected chi connectivity index (χ0v) is 38.1. The molecule has 13 nitrogen and oxygen atoms in total. The predicted octanol–water partition coefficient (Wildman–Crippen LogP) is 7.19. The molecule has 2 bridgehead atoms. The van der Waals surface area contributed by atoms with E-state index in [-0.39, 0.29) is 57.5 Å². The summed E-state index contributed by atoms with van der Waals surface area (Å²) in [5.74, 6) is 1.25. The summed E-state index contributed by atoms with van der Waals surface area (Å²) in [5.41, 5.74) is -0.385. The number of carbonyl (C=O) groups is 2. The van der Waals surface area contributed by atoms with Crippen molar-refractivity contribution in [3.05, 3.63) is 47.7 Å². The fourth-order valence-electron chi connectivity index (χ4n) is 10.2. The highest BCUT2D eigenvalue weighted by Gasteiger charge is 2.38. The molecule has 6 heterocycles. The molecule has 65 heavy (non-hydrogen) atoms. The maximum Gasteiger partial charge on any atom is 0.320 e. The molecule has 2 aromatic heterocycles. The molecule has 4 aromatic rings. The van der Waals surface area contributed by atoms with Crippen LogP contribution in [-0.4, -0.2) is 117 Å². The highest BCUT2D eigenvalue weighted by atomic mass is 19.1. The fourth-order valence-corrected chi connectivity index (χ4v) is 10.2. The number of hydrogen-bond acceptors (Lipinski definition) is 11. The number of amides is 2. The highest BCUT2D eigenvalue weighted by molar-refractivity contribution is 6.03. The van der Waals surface area contributed by atoms with E-state index in [1.807, 2.05) is 20.8 Å². The third-order valence-corrected chi connectivity index (χ3v) is 13.6.